The summed E-state index contributed by atoms with van der Waals surface area (Å²) in [5.74, 6) is -0.170. The van der Waals surface area contributed by atoms with Gasteiger partial charge in [0.2, 0.25) is 0 Å². The molecule has 0 radical (unpaired) electrons. The van der Waals surface area contributed by atoms with Gasteiger partial charge in [0, 0.05) is 13.5 Å². The van der Waals surface area contributed by atoms with E-state index in [0.717, 1.165) is 6.42 Å². The van der Waals surface area contributed by atoms with Crippen LogP contribution in [-0.4, -0.2) is 37.5 Å². The fourth-order valence-electron chi connectivity index (χ4n) is 0.954. The molecule has 0 atom stereocenters. The SMILES string of the molecule is CCCCCCOC(C)=O.CCOCCO. The Morgan fingerprint density at radius 3 is 2.19 bits per heavy atom. The highest BCUT2D eigenvalue weighted by molar-refractivity contribution is 5.65. The highest BCUT2D eigenvalue weighted by Gasteiger charge is 1.91. The highest BCUT2D eigenvalue weighted by Crippen LogP contribution is 1.98. The summed E-state index contributed by atoms with van der Waals surface area (Å²) in [5, 5.41) is 8.07. The minimum absolute atomic E-state index is 0.133. The number of carbonyl (C=O) groups is 1. The maximum absolute atomic E-state index is 10.3. The molecule has 0 aromatic rings. The van der Waals surface area contributed by atoms with Gasteiger partial charge in [-0.3, -0.25) is 4.79 Å². The van der Waals surface area contributed by atoms with Gasteiger partial charge in [0.1, 0.15) is 0 Å². The van der Waals surface area contributed by atoms with Crippen LogP contribution >= 0.6 is 0 Å². The van der Waals surface area contributed by atoms with Gasteiger partial charge in [0.05, 0.1) is 19.8 Å². The molecular formula is C12H26O4. The first kappa shape index (κ1) is 17.8. The van der Waals surface area contributed by atoms with Crippen LogP contribution in [0.3, 0.4) is 0 Å². The minimum Gasteiger partial charge on any atom is -0.466 e. The van der Waals surface area contributed by atoms with Crippen LogP contribution < -0.4 is 0 Å². The average Bonchev–Trinajstić information content (AvgIpc) is 2.26. The molecule has 0 fully saturated rings. The number of carbonyl (C=O) groups excluding carboxylic acids is 1. The van der Waals surface area contributed by atoms with Crippen LogP contribution in [0.1, 0.15) is 46.5 Å². The predicted molar refractivity (Wildman–Crippen MR) is 64.4 cm³/mol. The van der Waals surface area contributed by atoms with E-state index < -0.39 is 0 Å². The van der Waals surface area contributed by atoms with Crippen LogP contribution in [0, 0.1) is 0 Å². The zero-order chi connectivity index (χ0) is 12.6. The summed E-state index contributed by atoms with van der Waals surface area (Å²) in [7, 11) is 0. The van der Waals surface area contributed by atoms with E-state index in [4.69, 9.17) is 14.6 Å². The Kier molecular flexibility index (Phi) is 18.7. The zero-order valence-electron chi connectivity index (χ0n) is 10.8. The van der Waals surface area contributed by atoms with E-state index in [1.54, 1.807) is 0 Å². The van der Waals surface area contributed by atoms with E-state index in [-0.39, 0.29) is 12.6 Å². The third kappa shape index (κ3) is 23.3. The Morgan fingerprint density at radius 2 is 1.81 bits per heavy atom. The fourth-order valence-corrected chi connectivity index (χ4v) is 0.954. The molecule has 0 aliphatic rings. The van der Waals surface area contributed by atoms with Gasteiger partial charge in [-0.05, 0) is 13.3 Å². The second-order valence-corrected chi connectivity index (χ2v) is 3.32. The molecule has 4 heteroatoms. The molecule has 0 unspecified atom stereocenters. The van der Waals surface area contributed by atoms with Crippen LogP contribution in [0.4, 0.5) is 0 Å². The van der Waals surface area contributed by atoms with Gasteiger partial charge in [-0.1, -0.05) is 26.2 Å². The molecule has 4 nitrogen and oxygen atoms in total. The maximum atomic E-state index is 10.3. The Labute approximate surface area is 98.9 Å². The third-order valence-electron chi connectivity index (χ3n) is 1.74. The molecule has 0 saturated heterocycles. The van der Waals surface area contributed by atoms with Gasteiger partial charge in [0.15, 0.2) is 0 Å². The van der Waals surface area contributed by atoms with Crippen molar-refractivity contribution in [1.29, 1.82) is 0 Å². The lowest BCUT2D eigenvalue weighted by atomic mass is 10.2. The second kappa shape index (κ2) is 16.8. The standard InChI is InChI=1S/C8H16O2.C4H10O2/c1-3-4-5-6-7-10-8(2)9;1-2-6-4-3-5/h3-7H2,1-2H3;5H,2-4H2,1H3. The smallest absolute Gasteiger partial charge is 0.302 e. The molecule has 0 saturated carbocycles. The third-order valence-corrected chi connectivity index (χ3v) is 1.74. The van der Waals surface area contributed by atoms with Crippen LogP contribution in [-0.2, 0) is 14.3 Å². The summed E-state index contributed by atoms with van der Waals surface area (Å²) in [6, 6.07) is 0. The highest BCUT2D eigenvalue weighted by atomic mass is 16.5. The number of ether oxygens (including phenoxy) is 2. The van der Waals surface area contributed by atoms with Crippen molar-refractivity contribution < 1.29 is 19.4 Å². The molecule has 0 aliphatic heterocycles. The van der Waals surface area contributed by atoms with Gasteiger partial charge < -0.3 is 14.6 Å². The van der Waals surface area contributed by atoms with Crippen molar-refractivity contribution in [3.05, 3.63) is 0 Å². The summed E-state index contributed by atoms with van der Waals surface area (Å²) < 4.78 is 9.48. The largest absolute Gasteiger partial charge is 0.466 e. The van der Waals surface area contributed by atoms with E-state index in [0.29, 0.717) is 19.8 Å². The second-order valence-electron chi connectivity index (χ2n) is 3.32. The van der Waals surface area contributed by atoms with Crippen molar-refractivity contribution in [2.45, 2.75) is 46.5 Å². The van der Waals surface area contributed by atoms with Gasteiger partial charge in [-0.25, -0.2) is 0 Å². The molecule has 0 bridgehead atoms. The first-order valence-corrected chi connectivity index (χ1v) is 6.00. The predicted octanol–water partition coefficient (Wildman–Crippen LogP) is 2.15. The molecule has 0 heterocycles. The quantitative estimate of drug-likeness (QED) is 0.516. The Bertz CT molecular complexity index is 133. The summed E-state index contributed by atoms with van der Waals surface area (Å²) in [4.78, 5) is 10.3. The lowest BCUT2D eigenvalue weighted by Gasteiger charge is -1.99. The van der Waals surface area contributed by atoms with Crippen molar-refractivity contribution in [2.24, 2.45) is 0 Å². The lowest BCUT2D eigenvalue weighted by Crippen LogP contribution is -1.99. The van der Waals surface area contributed by atoms with Crippen LogP contribution in [0.25, 0.3) is 0 Å². The maximum Gasteiger partial charge on any atom is 0.302 e. The van der Waals surface area contributed by atoms with E-state index in [1.807, 2.05) is 6.92 Å². The molecule has 0 rings (SSSR count). The molecule has 1 N–H and O–H groups in total. The van der Waals surface area contributed by atoms with Gasteiger partial charge >= 0.3 is 5.97 Å². The average molecular weight is 234 g/mol. The fraction of sp³-hybridized carbons (Fsp3) is 0.917. The van der Waals surface area contributed by atoms with Gasteiger partial charge in [0.25, 0.3) is 0 Å². The number of aliphatic hydroxyl groups excluding tert-OH is 1. The molecule has 0 spiro atoms. The summed E-state index contributed by atoms with van der Waals surface area (Å²) in [5.41, 5.74) is 0. The summed E-state index contributed by atoms with van der Waals surface area (Å²) in [6.45, 7) is 7.39. The first-order valence-electron chi connectivity index (χ1n) is 6.00. The van der Waals surface area contributed by atoms with Crippen molar-refractivity contribution in [3.8, 4) is 0 Å². The van der Waals surface area contributed by atoms with Gasteiger partial charge in [-0.15, -0.1) is 0 Å². The van der Waals surface area contributed by atoms with Crippen LogP contribution in [0.5, 0.6) is 0 Å². The topological polar surface area (TPSA) is 55.8 Å². The number of hydrogen-bond acceptors (Lipinski definition) is 4. The number of hydrogen-bond donors (Lipinski definition) is 1. The Morgan fingerprint density at radius 1 is 1.12 bits per heavy atom. The molecule has 0 aliphatic carbocycles. The van der Waals surface area contributed by atoms with E-state index in [2.05, 4.69) is 6.92 Å². The van der Waals surface area contributed by atoms with Crippen molar-refractivity contribution in [3.63, 3.8) is 0 Å². The van der Waals surface area contributed by atoms with Crippen molar-refractivity contribution >= 4 is 5.97 Å². The summed E-state index contributed by atoms with van der Waals surface area (Å²) >= 11 is 0. The van der Waals surface area contributed by atoms with Crippen LogP contribution in [0.15, 0.2) is 0 Å². The molecule has 98 valence electrons. The Hall–Kier alpha value is -0.610. The molecular weight excluding hydrogens is 208 g/mol. The molecule has 0 aromatic carbocycles. The number of aliphatic hydroxyl groups is 1. The number of rotatable bonds is 8. The van der Waals surface area contributed by atoms with Crippen LogP contribution in [0.2, 0.25) is 0 Å². The first-order chi connectivity index (χ1) is 7.68. The van der Waals surface area contributed by atoms with Crippen molar-refractivity contribution in [2.75, 3.05) is 26.4 Å². The zero-order valence-corrected chi connectivity index (χ0v) is 10.8. The van der Waals surface area contributed by atoms with E-state index >= 15 is 0 Å². The normalized spacial score (nSPS) is 9.25. The minimum atomic E-state index is -0.170. The molecule has 16 heavy (non-hydrogen) atoms. The summed E-state index contributed by atoms with van der Waals surface area (Å²) in [6.07, 6.45) is 4.64. The lowest BCUT2D eigenvalue weighted by molar-refractivity contribution is -0.141. The van der Waals surface area contributed by atoms with Gasteiger partial charge in [-0.2, -0.15) is 0 Å². The monoisotopic (exact) mass is 234 g/mol. The van der Waals surface area contributed by atoms with E-state index in [9.17, 15) is 4.79 Å². The molecule has 0 aromatic heterocycles. The number of esters is 1. The van der Waals surface area contributed by atoms with Crippen molar-refractivity contribution in [1.82, 2.24) is 0 Å². The van der Waals surface area contributed by atoms with E-state index in [1.165, 1.54) is 26.2 Å². The number of unbranched alkanes of at least 4 members (excludes halogenated alkanes) is 3. The molecule has 0 amide bonds. The Balaban J connectivity index is 0.